The molecule has 0 fully saturated rings. The van der Waals surface area contributed by atoms with Gasteiger partial charge in [0.05, 0.1) is 0 Å². The minimum Gasteiger partial charge on any atom is -0.287 e. The molecule has 0 spiro atoms. The van der Waals surface area contributed by atoms with E-state index < -0.39 is 34.8 Å². The molecule has 0 bridgehead atoms. The summed E-state index contributed by atoms with van der Waals surface area (Å²) in [7, 11) is 0. The lowest BCUT2D eigenvalue weighted by molar-refractivity contribution is -0.0372. The van der Waals surface area contributed by atoms with E-state index in [1.165, 1.54) is 6.07 Å². The van der Waals surface area contributed by atoms with Gasteiger partial charge in [-0.15, -0.1) is 11.8 Å². The van der Waals surface area contributed by atoms with Crippen LogP contribution in [0.2, 0.25) is 0 Å². The quantitative estimate of drug-likeness (QED) is 0.586. The van der Waals surface area contributed by atoms with Gasteiger partial charge in [0, 0.05) is 21.8 Å². The highest BCUT2D eigenvalue weighted by Crippen LogP contribution is 2.49. The van der Waals surface area contributed by atoms with E-state index in [4.69, 9.17) is 0 Å². The van der Waals surface area contributed by atoms with Crippen molar-refractivity contribution in [2.24, 2.45) is 0 Å². The van der Waals surface area contributed by atoms with Gasteiger partial charge in [0.25, 0.3) is 0 Å². The lowest BCUT2D eigenvalue weighted by Gasteiger charge is -2.09. The van der Waals surface area contributed by atoms with Crippen molar-refractivity contribution < 1.29 is 22.4 Å². The number of halogens is 4. The fourth-order valence-electron chi connectivity index (χ4n) is 2.37. The smallest absolute Gasteiger partial charge is 0.287 e. The number of Topliss-reactive ketones (excluding diaryl/α,β-unsaturated/α-hetero) is 1. The Morgan fingerprint density at radius 1 is 1.09 bits per heavy atom. The van der Waals surface area contributed by atoms with Crippen molar-refractivity contribution in [1.29, 1.82) is 0 Å². The van der Waals surface area contributed by atoms with Gasteiger partial charge in [-0.1, -0.05) is 30.3 Å². The van der Waals surface area contributed by atoms with E-state index in [0.717, 1.165) is 23.4 Å². The lowest BCUT2D eigenvalue weighted by Crippen LogP contribution is -2.26. The lowest BCUT2D eigenvalue weighted by atomic mass is 10.1. The number of thioether (sulfide) groups is 1. The van der Waals surface area contributed by atoms with E-state index in [1.54, 1.807) is 0 Å². The number of hydrogen-bond acceptors (Lipinski definition) is 2. The maximum Gasteiger partial charge on any atom is 0.344 e. The number of benzene rings is 2. The Kier molecular flexibility index (Phi) is 3.72. The second kappa shape index (κ2) is 5.43. The van der Waals surface area contributed by atoms with Crippen LogP contribution in [-0.4, -0.2) is 11.7 Å². The first-order chi connectivity index (χ1) is 10.4. The summed E-state index contributed by atoms with van der Waals surface area (Å²) in [6, 6.07) is 11.3. The SMILES string of the molecule is O=C1c2c(SCc3ccccc3)ccc(F)c2[C@@H](F)C1(F)F. The average molecular weight is 326 g/mol. The van der Waals surface area contributed by atoms with Gasteiger partial charge in [0.15, 0.2) is 6.17 Å². The van der Waals surface area contributed by atoms with Crippen LogP contribution in [0.1, 0.15) is 27.7 Å². The Bertz CT molecular complexity index is 730. The van der Waals surface area contributed by atoms with E-state index in [-0.39, 0.29) is 4.90 Å². The average Bonchev–Trinajstić information content (AvgIpc) is 2.70. The molecule has 0 radical (unpaired) electrons. The molecule has 6 heteroatoms. The van der Waals surface area contributed by atoms with Crippen LogP contribution in [0.5, 0.6) is 0 Å². The van der Waals surface area contributed by atoms with Gasteiger partial charge >= 0.3 is 5.92 Å². The minimum atomic E-state index is -4.20. The van der Waals surface area contributed by atoms with E-state index in [0.29, 0.717) is 5.75 Å². The first kappa shape index (κ1) is 15.1. The molecule has 1 atom stereocenters. The van der Waals surface area contributed by atoms with Crippen LogP contribution in [0.15, 0.2) is 47.4 Å². The first-order valence-electron chi connectivity index (χ1n) is 6.48. The minimum absolute atomic E-state index is 0.171. The largest absolute Gasteiger partial charge is 0.344 e. The number of fused-ring (bicyclic) bond motifs is 1. The van der Waals surface area contributed by atoms with E-state index in [2.05, 4.69) is 0 Å². The topological polar surface area (TPSA) is 17.1 Å². The van der Waals surface area contributed by atoms with Crippen molar-refractivity contribution in [3.8, 4) is 0 Å². The Morgan fingerprint density at radius 2 is 1.77 bits per heavy atom. The summed E-state index contributed by atoms with van der Waals surface area (Å²) in [5, 5.41) is 0. The molecule has 0 heterocycles. The second-order valence-corrected chi connectivity index (χ2v) is 5.94. The highest BCUT2D eigenvalue weighted by molar-refractivity contribution is 7.98. The number of ketones is 1. The van der Waals surface area contributed by atoms with Crippen molar-refractivity contribution in [3.63, 3.8) is 0 Å². The summed E-state index contributed by atoms with van der Waals surface area (Å²) in [6.45, 7) is 0. The zero-order chi connectivity index (χ0) is 15.9. The molecule has 3 rings (SSSR count). The van der Waals surface area contributed by atoms with Crippen LogP contribution in [-0.2, 0) is 5.75 Å². The van der Waals surface area contributed by atoms with Gasteiger partial charge < -0.3 is 0 Å². The van der Waals surface area contributed by atoms with Crippen LogP contribution >= 0.6 is 11.8 Å². The fourth-order valence-corrected chi connectivity index (χ4v) is 3.40. The van der Waals surface area contributed by atoms with Crippen LogP contribution < -0.4 is 0 Å². The molecule has 2 aromatic rings. The number of alkyl halides is 3. The number of carbonyl (C=O) groups excluding carboxylic acids is 1. The zero-order valence-electron chi connectivity index (χ0n) is 11.2. The highest BCUT2D eigenvalue weighted by atomic mass is 32.2. The Labute approximate surface area is 128 Å². The number of carbonyl (C=O) groups is 1. The molecule has 0 saturated heterocycles. The van der Waals surface area contributed by atoms with Gasteiger partial charge in [0.1, 0.15) is 5.82 Å². The van der Waals surface area contributed by atoms with Crippen molar-refractivity contribution in [2.45, 2.75) is 22.7 Å². The van der Waals surface area contributed by atoms with Crippen LogP contribution in [0, 0.1) is 5.82 Å². The molecule has 1 nitrogen and oxygen atoms in total. The highest BCUT2D eigenvalue weighted by Gasteiger charge is 2.58. The molecule has 0 aromatic heterocycles. The first-order valence-corrected chi connectivity index (χ1v) is 7.47. The Balaban J connectivity index is 1.97. The summed E-state index contributed by atoms with van der Waals surface area (Å²) in [4.78, 5) is 11.9. The molecular formula is C16H10F4OS. The third-order valence-electron chi connectivity index (χ3n) is 3.49. The third kappa shape index (κ3) is 2.31. The molecule has 0 amide bonds. The van der Waals surface area contributed by atoms with Crippen molar-refractivity contribution >= 4 is 17.5 Å². The third-order valence-corrected chi connectivity index (χ3v) is 4.62. The van der Waals surface area contributed by atoms with Crippen molar-refractivity contribution in [1.82, 2.24) is 0 Å². The molecule has 0 aliphatic heterocycles. The summed E-state index contributed by atoms with van der Waals surface area (Å²) < 4.78 is 54.5. The predicted octanol–water partition coefficient (Wildman–Crippen LogP) is 4.96. The molecule has 22 heavy (non-hydrogen) atoms. The molecular weight excluding hydrogens is 316 g/mol. The molecule has 2 aromatic carbocycles. The van der Waals surface area contributed by atoms with E-state index >= 15 is 0 Å². The van der Waals surface area contributed by atoms with E-state index in [9.17, 15) is 22.4 Å². The molecule has 1 aliphatic rings. The standard InChI is InChI=1S/C16H10F4OS/c17-10-6-7-11(22-8-9-4-2-1-3-5-9)13-12(10)14(18)16(19,20)15(13)21/h1-7,14H,8H2/t14-/m1/s1. The van der Waals surface area contributed by atoms with Crippen molar-refractivity contribution in [3.05, 3.63) is 65.0 Å². The number of hydrogen-bond donors (Lipinski definition) is 0. The van der Waals surface area contributed by atoms with Gasteiger partial charge in [-0.2, -0.15) is 8.78 Å². The van der Waals surface area contributed by atoms with Crippen LogP contribution in [0.25, 0.3) is 0 Å². The zero-order valence-corrected chi connectivity index (χ0v) is 12.0. The predicted molar refractivity (Wildman–Crippen MR) is 75.5 cm³/mol. The van der Waals surface area contributed by atoms with E-state index in [1.807, 2.05) is 30.3 Å². The Morgan fingerprint density at radius 3 is 2.45 bits per heavy atom. The van der Waals surface area contributed by atoms with Gasteiger partial charge in [-0.3, -0.25) is 4.79 Å². The van der Waals surface area contributed by atoms with Gasteiger partial charge in [0.2, 0.25) is 5.78 Å². The second-order valence-electron chi connectivity index (χ2n) is 4.92. The van der Waals surface area contributed by atoms with Crippen LogP contribution in [0.3, 0.4) is 0 Å². The number of rotatable bonds is 3. The maximum absolute atomic E-state index is 13.7. The molecule has 0 N–H and O–H groups in total. The van der Waals surface area contributed by atoms with Crippen molar-refractivity contribution in [2.75, 3.05) is 0 Å². The summed E-state index contributed by atoms with van der Waals surface area (Å²) in [5.74, 6) is -6.55. The Hall–Kier alpha value is -1.82. The molecule has 0 unspecified atom stereocenters. The van der Waals surface area contributed by atoms with Crippen LogP contribution in [0.4, 0.5) is 17.6 Å². The van der Waals surface area contributed by atoms with Gasteiger partial charge in [-0.05, 0) is 17.7 Å². The molecule has 114 valence electrons. The fraction of sp³-hybridized carbons (Fsp3) is 0.188. The summed E-state index contributed by atoms with van der Waals surface area (Å²) >= 11 is 1.11. The van der Waals surface area contributed by atoms with Gasteiger partial charge in [-0.25, -0.2) is 8.78 Å². The normalized spacial score (nSPS) is 19.3. The molecule has 1 aliphatic carbocycles. The maximum atomic E-state index is 13.7. The molecule has 0 saturated carbocycles. The summed E-state index contributed by atoms with van der Waals surface area (Å²) in [6.07, 6.45) is -2.92. The summed E-state index contributed by atoms with van der Waals surface area (Å²) in [5.41, 5.74) is -0.439. The monoisotopic (exact) mass is 326 g/mol.